The molecule has 1 fully saturated rings. The zero-order valence-corrected chi connectivity index (χ0v) is 8.99. The third kappa shape index (κ3) is 2.18. The second-order valence-corrected chi connectivity index (χ2v) is 3.84. The van der Waals surface area contributed by atoms with Crippen molar-refractivity contribution in [2.75, 3.05) is 11.9 Å². The molecule has 2 N–H and O–H groups in total. The van der Waals surface area contributed by atoms with E-state index in [9.17, 15) is 9.59 Å². The molecule has 1 saturated heterocycles. The van der Waals surface area contributed by atoms with Gasteiger partial charge < -0.3 is 10.6 Å². The Morgan fingerprint density at radius 2 is 2.44 bits per heavy atom. The summed E-state index contributed by atoms with van der Waals surface area (Å²) in [6, 6.07) is 3.61. The third-order valence-electron chi connectivity index (χ3n) is 2.53. The highest BCUT2D eigenvalue weighted by Crippen LogP contribution is 2.13. The van der Waals surface area contributed by atoms with Crippen LogP contribution >= 0.6 is 0 Å². The van der Waals surface area contributed by atoms with Crippen LogP contribution in [0.3, 0.4) is 0 Å². The molecule has 1 aliphatic heterocycles. The fraction of sp³-hybridized carbons (Fsp3) is 0.364. The molecule has 2 heterocycles. The molecule has 1 unspecified atom stereocenters. The summed E-state index contributed by atoms with van der Waals surface area (Å²) in [7, 11) is 0. The number of aromatic nitrogens is 1. The fourth-order valence-corrected chi connectivity index (χ4v) is 1.66. The Morgan fingerprint density at radius 3 is 3.06 bits per heavy atom. The van der Waals surface area contributed by atoms with Gasteiger partial charge in [0.25, 0.3) is 0 Å². The Kier molecular flexibility index (Phi) is 2.85. The van der Waals surface area contributed by atoms with E-state index in [1.54, 1.807) is 12.3 Å². The Labute approximate surface area is 93.3 Å². The van der Waals surface area contributed by atoms with Crippen molar-refractivity contribution in [3.8, 4) is 0 Å². The summed E-state index contributed by atoms with van der Waals surface area (Å²) in [4.78, 5) is 27.0. The van der Waals surface area contributed by atoms with Gasteiger partial charge in [-0.2, -0.15) is 0 Å². The number of hydrogen-bond acceptors (Lipinski definition) is 3. The number of carbonyl (C=O) groups excluding carboxylic acids is 2. The molecular formula is C11H13N3O2. The van der Waals surface area contributed by atoms with Crippen molar-refractivity contribution in [2.45, 2.75) is 13.3 Å². The van der Waals surface area contributed by atoms with Gasteiger partial charge in [-0.25, -0.2) is 4.98 Å². The van der Waals surface area contributed by atoms with Crippen LogP contribution in [-0.2, 0) is 9.59 Å². The number of anilines is 1. The zero-order chi connectivity index (χ0) is 11.5. The number of nitrogens with one attached hydrogen (secondary N) is 2. The van der Waals surface area contributed by atoms with Gasteiger partial charge in [0.05, 0.1) is 0 Å². The molecule has 2 rings (SSSR count). The van der Waals surface area contributed by atoms with Crippen molar-refractivity contribution in [1.29, 1.82) is 0 Å². The van der Waals surface area contributed by atoms with Gasteiger partial charge >= 0.3 is 0 Å². The van der Waals surface area contributed by atoms with Crippen molar-refractivity contribution in [2.24, 2.45) is 5.92 Å². The van der Waals surface area contributed by atoms with Crippen LogP contribution in [0.5, 0.6) is 0 Å². The summed E-state index contributed by atoms with van der Waals surface area (Å²) in [5.41, 5.74) is 1.01. The number of amides is 2. The van der Waals surface area contributed by atoms with E-state index in [0.29, 0.717) is 18.8 Å². The van der Waals surface area contributed by atoms with Crippen molar-refractivity contribution in [3.05, 3.63) is 23.9 Å². The van der Waals surface area contributed by atoms with Gasteiger partial charge in [-0.05, 0) is 31.0 Å². The predicted octanol–water partition coefficient (Wildman–Crippen LogP) is 0.465. The first-order chi connectivity index (χ1) is 7.66. The first kappa shape index (κ1) is 10.6. The topological polar surface area (TPSA) is 71.1 Å². The molecule has 0 spiro atoms. The average molecular weight is 219 g/mol. The predicted molar refractivity (Wildman–Crippen MR) is 58.7 cm³/mol. The number of aryl methyl sites for hydroxylation is 1. The first-order valence-corrected chi connectivity index (χ1v) is 5.18. The summed E-state index contributed by atoms with van der Waals surface area (Å²) in [5, 5.41) is 5.27. The summed E-state index contributed by atoms with van der Waals surface area (Å²) in [6.07, 6.45) is 2.18. The zero-order valence-electron chi connectivity index (χ0n) is 8.99. The molecule has 0 aliphatic carbocycles. The molecule has 1 aromatic heterocycles. The minimum Gasteiger partial charge on any atom is -0.355 e. The molecule has 0 radical (unpaired) electrons. The van der Waals surface area contributed by atoms with Gasteiger partial charge in [0.15, 0.2) is 0 Å². The van der Waals surface area contributed by atoms with E-state index >= 15 is 0 Å². The van der Waals surface area contributed by atoms with Gasteiger partial charge in [-0.1, -0.05) is 0 Å². The molecule has 0 aromatic carbocycles. The lowest BCUT2D eigenvalue weighted by molar-refractivity contribution is -0.130. The molecule has 0 saturated carbocycles. The van der Waals surface area contributed by atoms with E-state index in [1.165, 1.54) is 0 Å². The van der Waals surface area contributed by atoms with Crippen LogP contribution in [-0.4, -0.2) is 23.3 Å². The van der Waals surface area contributed by atoms with Crippen molar-refractivity contribution >= 4 is 17.6 Å². The summed E-state index contributed by atoms with van der Waals surface area (Å²) in [6.45, 7) is 2.48. The van der Waals surface area contributed by atoms with Gasteiger partial charge in [0, 0.05) is 12.7 Å². The third-order valence-corrected chi connectivity index (χ3v) is 2.53. The normalized spacial score (nSPS) is 19.3. The lowest BCUT2D eigenvalue weighted by Crippen LogP contribution is -2.30. The fourth-order valence-electron chi connectivity index (χ4n) is 1.66. The van der Waals surface area contributed by atoms with Crippen molar-refractivity contribution < 1.29 is 9.59 Å². The van der Waals surface area contributed by atoms with Crippen LogP contribution in [0.1, 0.15) is 12.0 Å². The second-order valence-electron chi connectivity index (χ2n) is 3.84. The largest absolute Gasteiger partial charge is 0.355 e. The van der Waals surface area contributed by atoms with Crippen LogP contribution in [0, 0.1) is 12.8 Å². The first-order valence-electron chi connectivity index (χ1n) is 5.18. The van der Waals surface area contributed by atoms with Crippen LogP contribution in [0.2, 0.25) is 0 Å². The van der Waals surface area contributed by atoms with Gasteiger partial charge in [-0.3, -0.25) is 9.59 Å². The molecule has 84 valence electrons. The van der Waals surface area contributed by atoms with E-state index in [4.69, 9.17) is 0 Å². The number of nitrogens with zero attached hydrogens (tertiary/aromatic N) is 1. The lowest BCUT2D eigenvalue weighted by atomic mass is 10.1. The Balaban J connectivity index is 2.04. The van der Waals surface area contributed by atoms with E-state index in [-0.39, 0.29) is 11.8 Å². The van der Waals surface area contributed by atoms with Crippen LogP contribution in [0.15, 0.2) is 18.3 Å². The van der Waals surface area contributed by atoms with Gasteiger partial charge in [0.2, 0.25) is 11.8 Å². The maximum Gasteiger partial charge on any atom is 0.238 e. The van der Waals surface area contributed by atoms with Crippen LogP contribution in [0.4, 0.5) is 5.82 Å². The molecule has 5 nitrogen and oxygen atoms in total. The minimum atomic E-state index is -0.581. The summed E-state index contributed by atoms with van der Waals surface area (Å²) in [5.74, 6) is -0.578. The highest BCUT2D eigenvalue weighted by molar-refractivity contribution is 6.07. The number of pyridine rings is 1. The van der Waals surface area contributed by atoms with E-state index in [2.05, 4.69) is 15.6 Å². The molecule has 1 aromatic rings. The Morgan fingerprint density at radius 1 is 1.62 bits per heavy atom. The molecule has 16 heavy (non-hydrogen) atoms. The maximum atomic E-state index is 11.7. The van der Waals surface area contributed by atoms with E-state index in [1.807, 2.05) is 13.0 Å². The SMILES string of the molecule is Cc1ccnc(NC(=O)C2CCNC2=O)c1. The maximum absolute atomic E-state index is 11.7. The molecule has 0 bridgehead atoms. The van der Waals surface area contributed by atoms with Gasteiger partial charge in [-0.15, -0.1) is 0 Å². The highest BCUT2D eigenvalue weighted by Gasteiger charge is 2.31. The molecular weight excluding hydrogens is 206 g/mol. The Bertz CT molecular complexity index is 431. The van der Waals surface area contributed by atoms with Crippen molar-refractivity contribution in [3.63, 3.8) is 0 Å². The van der Waals surface area contributed by atoms with E-state index in [0.717, 1.165) is 5.56 Å². The minimum absolute atomic E-state index is 0.204. The molecule has 1 atom stereocenters. The van der Waals surface area contributed by atoms with Gasteiger partial charge in [0.1, 0.15) is 11.7 Å². The molecule has 2 amide bonds. The van der Waals surface area contributed by atoms with Crippen LogP contribution in [0.25, 0.3) is 0 Å². The number of hydrogen-bond donors (Lipinski definition) is 2. The Hall–Kier alpha value is -1.91. The number of rotatable bonds is 2. The van der Waals surface area contributed by atoms with Crippen molar-refractivity contribution in [1.82, 2.24) is 10.3 Å². The van der Waals surface area contributed by atoms with Crippen LogP contribution < -0.4 is 10.6 Å². The molecule has 5 heteroatoms. The summed E-state index contributed by atoms with van der Waals surface area (Å²) < 4.78 is 0. The van der Waals surface area contributed by atoms with E-state index < -0.39 is 5.92 Å². The quantitative estimate of drug-likeness (QED) is 0.710. The number of carbonyl (C=O) groups is 2. The standard InChI is InChI=1S/C11H13N3O2/c1-7-2-4-12-9(6-7)14-11(16)8-3-5-13-10(8)15/h2,4,6,8H,3,5H2,1H3,(H,13,15)(H,12,14,16). The smallest absolute Gasteiger partial charge is 0.238 e. The monoisotopic (exact) mass is 219 g/mol. The average Bonchev–Trinajstić information content (AvgIpc) is 2.64. The highest BCUT2D eigenvalue weighted by atomic mass is 16.2. The molecule has 1 aliphatic rings. The second kappa shape index (κ2) is 4.30. The summed E-state index contributed by atoms with van der Waals surface area (Å²) >= 11 is 0. The lowest BCUT2D eigenvalue weighted by Gasteiger charge is -2.08.